The van der Waals surface area contributed by atoms with Crippen LogP contribution in [0.4, 0.5) is 5.95 Å². The molecule has 0 N–H and O–H groups in total. The van der Waals surface area contributed by atoms with Crippen LogP contribution in [0.5, 0.6) is 0 Å². The molecule has 1 saturated carbocycles. The van der Waals surface area contributed by atoms with Crippen LogP contribution in [0.15, 0.2) is 30.5 Å². The second-order valence-corrected chi connectivity index (χ2v) is 8.89. The van der Waals surface area contributed by atoms with Crippen molar-refractivity contribution in [3.05, 3.63) is 41.2 Å². The fourth-order valence-corrected chi connectivity index (χ4v) is 4.78. The minimum Gasteiger partial charge on any atom is -0.347 e. The molecule has 2 aromatic rings. The Morgan fingerprint density at radius 2 is 1.86 bits per heavy atom. The molecule has 2 aliphatic rings. The number of carbonyl (C=O) groups excluding carboxylic acids is 1. The maximum atomic E-state index is 12.8. The topological polar surface area (TPSA) is 49.3 Å². The number of anilines is 1. The van der Waals surface area contributed by atoms with Gasteiger partial charge in [0, 0.05) is 55.8 Å². The quantitative estimate of drug-likeness (QED) is 0.726. The molecule has 1 amide bonds. The number of hydrogen-bond acceptors (Lipinski definition) is 4. The van der Waals surface area contributed by atoms with Gasteiger partial charge in [0.2, 0.25) is 11.9 Å². The van der Waals surface area contributed by atoms with Crippen LogP contribution >= 0.6 is 11.6 Å². The normalized spacial score (nSPS) is 18.2. The number of piperidine rings is 1. The van der Waals surface area contributed by atoms with E-state index >= 15 is 0 Å². The molecule has 2 fully saturated rings. The number of aromatic nitrogens is 2. The van der Waals surface area contributed by atoms with Crippen molar-refractivity contribution in [1.29, 1.82) is 0 Å². The Kier molecular flexibility index (Phi) is 6.04. The minimum atomic E-state index is 0.257. The third kappa shape index (κ3) is 4.40. The molecule has 0 radical (unpaired) electrons. The summed E-state index contributed by atoms with van der Waals surface area (Å²) in [4.78, 5) is 26.3. The van der Waals surface area contributed by atoms with Crippen LogP contribution in [0.25, 0.3) is 11.1 Å². The molecule has 5 nitrogen and oxygen atoms in total. The van der Waals surface area contributed by atoms with E-state index in [1.165, 1.54) is 12.8 Å². The van der Waals surface area contributed by atoms with E-state index in [4.69, 9.17) is 16.6 Å². The van der Waals surface area contributed by atoms with Gasteiger partial charge in [-0.1, -0.05) is 36.6 Å². The summed E-state index contributed by atoms with van der Waals surface area (Å²) in [6.45, 7) is 1.63. The number of amides is 1. The van der Waals surface area contributed by atoms with E-state index in [2.05, 4.69) is 16.0 Å². The lowest BCUT2D eigenvalue weighted by Gasteiger charge is -2.34. The molecule has 4 rings (SSSR count). The van der Waals surface area contributed by atoms with Gasteiger partial charge in [-0.05, 0) is 43.4 Å². The second kappa shape index (κ2) is 8.70. The minimum absolute atomic E-state index is 0.257. The zero-order valence-electron chi connectivity index (χ0n) is 17.3. The lowest BCUT2D eigenvalue weighted by atomic mass is 9.88. The van der Waals surface area contributed by atoms with Crippen molar-refractivity contribution in [3.8, 4) is 11.1 Å². The Labute approximate surface area is 178 Å². The van der Waals surface area contributed by atoms with Gasteiger partial charge in [-0.25, -0.2) is 9.97 Å². The van der Waals surface area contributed by atoms with Gasteiger partial charge in [0.1, 0.15) is 0 Å². The summed E-state index contributed by atoms with van der Waals surface area (Å²) in [5, 5.41) is 0.710. The van der Waals surface area contributed by atoms with Crippen molar-refractivity contribution in [2.45, 2.75) is 44.4 Å². The first-order valence-electron chi connectivity index (χ1n) is 10.6. The molecule has 29 heavy (non-hydrogen) atoms. The van der Waals surface area contributed by atoms with Gasteiger partial charge in [-0.3, -0.25) is 4.79 Å². The first-order valence-corrected chi connectivity index (χ1v) is 11.0. The molecule has 1 aromatic carbocycles. The van der Waals surface area contributed by atoms with E-state index in [1.54, 1.807) is 0 Å². The van der Waals surface area contributed by atoms with Crippen molar-refractivity contribution in [1.82, 2.24) is 14.9 Å². The van der Waals surface area contributed by atoms with Gasteiger partial charge in [0.25, 0.3) is 0 Å². The summed E-state index contributed by atoms with van der Waals surface area (Å²) in [7, 11) is 3.92. The van der Waals surface area contributed by atoms with Gasteiger partial charge < -0.3 is 9.80 Å². The van der Waals surface area contributed by atoms with Gasteiger partial charge >= 0.3 is 0 Å². The Morgan fingerprint density at radius 1 is 1.14 bits per heavy atom. The van der Waals surface area contributed by atoms with E-state index in [9.17, 15) is 4.79 Å². The number of nitrogens with zero attached hydrogens (tertiary/aromatic N) is 4. The average Bonchev–Trinajstić information content (AvgIpc) is 3.28. The standard InChI is InChI=1S/C23H29ClN4O/c1-27(2)23-25-15-20(18-8-5-9-19(24)14-18)21(26-23)16-10-12-28(13-11-16)22(29)17-6-3-4-7-17/h5,8-9,14-17H,3-4,6-7,10-13H2,1-2H3. The maximum absolute atomic E-state index is 12.8. The Bertz CT molecular complexity index is 871. The van der Waals surface area contributed by atoms with E-state index in [1.807, 2.05) is 43.4 Å². The van der Waals surface area contributed by atoms with Crippen LogP contribution in [0.3, 0.4) is 0 Å². The van der Waals surface area contributed by atoms with E-state index < -0.39 is 0 Å². The summed E-state index contributed by atoms with van der Waals surface area (Å²) in [6.07, 6.45) is 8.32. The van der Waals surface area contributed by atoms with Crippen LogP contribution in [0.2, 0.25) is 5.02 Å². The third-order valence-electron chi connectivity index (χ3n) is 6.24. The highest BCUT2D eigenvalue weighted by atomic mass is 35.5. The van der Waals surface area contributed by atoms with Crippen LogP contribution in [-0.2, 0) is 4.79 Å². The SMILES string of the molecule is CN(C)c1ncc(-c2cccc(Cl)c2)c(C2CCN(C(=O)C3CCCC3)CC2)n1. The number of likely N-dealkylation sites (tertiary alicyclic amines) is 1. The number of benzene rings is 1. The highest BCUT2D eigenvalue weighted by Gasteiger charge is 2.31. The smallest absolute Gasteiger partial charge is 0.225 e. The van der Waals surface area contributed by atoms with Crippen molar-refractivity contribution in [3.63, 3.8) is 0 Å². The first-order chi connectivity index (χ1) is 14.0. The molecule has 0 bridgehead atoms. The number of rotatable bonds is 4. The van der Waals surface area contributed by atoms with Gasteiger partial charge in [0.05, 0.1) is 5.69 Å². The Morgan fingerprint density at radius 3 is 2.52 bits per heavy atom. The molecule has 0 atom stereocenters. The lowest BCUT2D eigenvalue weighted by Crippen LogP contribution is -2.41. The Hall–Kier alpha value is -2.14. The fraction of sp³-hybridized carbons (Fsp3) is 0.522. The fourth-order valence-electron chi connectivity index (χ4n) is 4.59. The molecule has 1 aromatic heterocycles. The summed E-state index contributed by atoms with van der Waals surface area (Å²) in [5.41, 5.74) is 3.15. The molecular weight excluding hydrogens is 384 g/mol. The zero-order chi connectivity index (χ0) is 20.4. The van der Waals surface area contributed by atoms with Crippen molar-refractivity contribution >= 4 is 23.5 Å². The summed E-state index contributed by atoms with van der Waals surface area (Å²) in [6, 6.07) is 7.87. The van der Waals surface area contributed by atoms with Crippen molar-refractivity contribution < 1.29 is 4.79 Å². The molecule has 1 saturated heterocycles. The van der Waals surface area contributed by atoms with Crippen LogP contribution in [-0.4, -0.2) is 48.0 Å². The van der Waals surface area contributed by atoms with Gasteiger partial charge in [-0.2, -0.15) is 0 Å². The number of carbonyl (C=O) groups is 1. The van der Waals surface area contributed by atoms with Crippen LogP contribution in [0, 0.1) is 5.92 Å². The second-order valence-electron chi connectivity index (χ2n) is 8.45. The van der Waals surface area contributed by atoms with Crippen LogP contribution < -0.4 is 4.90 Å². The van der Waals surface area contributed by atoms with E-state index in [0.29, 0.717) is 16.8 Å². The van der Waals surface area contributed by atoms with Crippen LogP contribution in [0.1, 0.15) is 50.1 Å². The maximum Gasteiger partial charge on any atom is 0.225 e. The van der Waals surface area contributed by atoms with Crippen molar-refractivity contribution in [2.24, 2.45) is 5.92 Å². The summed E-state index contributed by atoms with van der Waals surface area (Å²) in [5.74, 6) is 1.66. The molecule has 6 heteroatoms. The average molecular weight is 413 g/mol. The molecular formula is C23H29ClN4O. The molecule has 154 valence electrons. The highest BCUT2D eigenvalue weighted by Crippen LogP contribution is 2.36. The largest absolute Gasteiger partial charge is 0.347 e. The summed E-state index contributed by atoms with van der Waals surface area (Å²) < 4.78 is 0. The number of hydrogen-bond donors (Lipinski definition) is 0. The predicted molar refractivity (Wildman–Crippen MR) is 117 cm³/mol. The zero-order valence-corrected chi connectivity index (χ0v) is 18.0. The van der Waals surface area contributed by atoms with Crippen molar-refractivity contribution in [2.75, 3.05) is 32.1 Å². The molecule has 1 aliphatic heterocycles. The Balaban J connectivity index is 1.57. The first kappa shape index (κ1) is 20.1. The lowest BCUT2D eigenvalue weighted by molar-refractivity contribution is -0.136. The summed E-state index contributed by atoms with van der Waals surface area (Å²) >= 11 is 6.24. The van der Waals surface area contributed by atoms with E-state index in [-0.39, 0.29) is 5.92 Å². The molecule has 2 heterocycles. The molecule has 0 spiro atoms. The van der Waals surface area contributed by atoms with Gasteiger partial charge in [0.15, 0.2) is 0 Å². The van der Waals surface area contributed by atoms with E-state index in [0.717, 1.165) is 61.5 Å². The predicted octanol–water partition coefficient (Wildman–Crippen LogP) is 4.76. The van der Waals surface area contributed by atoms with Gasteiger partial charge in [-0.15, -0.1) is 0 Å². The third-order valence-corrected chi connectivity index (χ3v) is 6.47. The number of halogens is 1. The monoisotopic (exact) mass is 412 g/mol. The molecule has 1 aliphatic carbocycles. The molecule has 0 unspecified atom stereocenters. The highest BCUT2D eigenvalue weighted by molar-refractivity contribution is 6.30.